The molecule has 13 atom stereocenters. The first kappa shape index (κ1) is 44.0. The maximum Gasteiger partial charge on any atom is 0.161 e. The second-order valence-electron chi connectivity index (χ2n) is 17.6. The number of aromatic amines is 1. The summed E-state index contributed by atoms with van der Waals surface area (Å²) in [7, 11) is 3.24. The molecule has 2 bridgehead atoms. The fraction of sp³-hybridized carbons (Fsp3) is 0.609. The Balaban J connectivity index is 1.18. The molecule has 11 N–H and O–H groups in total. The summed E-state index contributed by atoms with van der Waals surface area (Å²) in [5.74, 6) is 7.52. The van der Waals surface area contributed by atoms with Gasteiger partial charge in [0.1, 0.15) is 11.9 Å². The molecule has 322 valence electrons. The molecule has 1 aromatic heterocycles. The molecule has 13 unspecified atom stereocenters. The van der Waals surface area contributed by atoms with Crippen molar-refractivity contribution >= 4 is 21.6 Å². The Morgan fingerprint density at radius 2 is 1.95 bits per heavy atom. The zero-order valence-corrected chi connectivity index (χ0v) is 35.9. The maximum absolute atomic E-state index is 12.1. The number of H-pyrrole nitrogens is 1. The second kappa shape index (κ2) is 19.8. The van der Waals surface area contributed by atoms with Gasteiger partial charge in [-0.15, -0.1) is 0 Å². The molecule has 2 aromatic rings. The van der Waals surface area contributed by atoms with E-state index < -0.39 is 42.4 Å². The number of aromatic nitrogens is 1. The lowest BCUT2D eigenvalue weighted by Crippen LogP contribution is -2.44. The third-order valence-electron chi connectivity index (χ3n) is 13.6. The summed E-state index contributed by atoms with van der Waals surface area (Å²) >= 11 is 0. The molecule has 0 radical (unpaired) electrons. The molecule has 1 aromatic carbocycles. The summed E-state index contributed by atoms with van der Waals surface area (Å²) in [4.78, 5) is 3.34. The standard InChI is InChI=1S/C46H64N4O7S2/c1-3-46-13-10-28-6-7-29(19-39(54)42(28)44(56)31(11-14-46)17-35(22-46)50-23-27(2)52)30-8-9-38(53)40(20-30)57-41-21-32(18-34-5-4-15-48-34)36-12-16-49-45(47)37(36)26-59-58-25-33(24-51)43(41)55/h4-9,12,15,20,27-29,31-33,35,39,41-44,48-56H,3,11,14,16-19,21-26,47H2,1-2H3. The number of dihydropyridines is 1. The highest BCUT2D eigenvalue weighted by Gasteiger charge is 2.45. The van der Waals surface area contributed by atoms with Crippen LogP contribution in [0.25, 0.3) is 0 Å². The Bertz CT molecular complexity index is 1880. The molecule has 5 aliphatic rings. The van der Waals surface area contributed by atoms with Crippen LogP contribution in [0.3, 0.4) is 0 Å². The van der Waals surface area contributed by atoms with Gasteiger partial charge in [-0.25, -0.2) is 0 Å². The van der Waals surface area contributed by atoms with Crippen molar-refractivity contribution in [3.63, 3.8) is 0 Å². The van der Waals surface area contributed by atoms with Gasteiger partial charge in [-0.1, -0.05) is 64.6 Å². The van der Waals surface area contributed by atoms with Crippen LogP contribution in [0.1, 0.15) is 76.0 Å². The molecular formula is C46H64N4O7S2. The van der Waals surface area contributed by atoms with Crippen molar-refractivity contribution in [1.29, 1.82) is 0 Å². The molecule has 2 aliphatic heterocycles. The lowest BCUT2D eigenvalue weighted by atomic mass is 9.75. The zero-order chi connectivity index (χ0) is 41.7. The number of nitrogens with one attached hydrogen (secondary N) is 3. The van der Waals surface area contributed by atoms with Gasteiger partial charge in [0.25, 0.3) is 0 Å². The topological polar surface area (TPSA) is 196 Å². The van der Waals surface area contributed by atoms with E-state index in [4.69, 9.17) is 10.5 Å². The summed E-state index contributed by atoms with van der Waals surface area (Å²) in [5, 5.41) is 74.8. The largest absolute Gasteiger partial charge is 0.504 e. The van der Waals surface area contributed by atoms with Crippen molar-refractivity contribution in [3.05, 3.63) is 83.0 Å². The van der Waals surface area contributed by atoms with Crippen LogP contribution in [0.5, 0.6) is 11.5 Å². The van der Waals surface area contributed by atoms with E-state index >= 15 is 0 Å². The van der Waals surface area contributed by atoms with Crippen LogP contribution in [0.2, 0.25) is 0 Å². The second-order valence-corrected chi connectivity index (χ2v) is 20.1. The Morgan fingerprint density at radius 3 is 2.71 bits per heavy atom. The summed E-state index contributed by atoms with van der Waals surface area (Å²) in [6.45, 7) is 4.81. The predicted octanol–water partition coefficient (Wildman–Crippen LogP) is 4.72. The van der Waals surface area contributed by atoms with Gasteiger partial charge in [0, 0.05) is 83.8 Å². The molecule has 7 rings (SSSR count). The van der Waals surface area contributed by atoms with E-state index in [1.54, 1.807) is 40.6 Å². The highest BCUT2D eigenvalue weighted by Crippen LogP contribution is 2.46. The van der Waals surface area contributed by atoms with Crippen molar-refractivity contribution in [2.75, 3.05) is 31.2 Å². The molecule has 1 saturated heterocycles. The third-order valence-corrected chi connectivity index (χ3v) is 16.0. The minimum Gasteiger partial charge on any atom is -0.504 e. The number of phenolic OH excluding ortho intramolecular Hbond substituents is 1. The van der Waals surface area contributed by atoms with Crippen molar-refractivity contribution < 1.29 is 35.4 Å². The van der Waals surface area contributed by atoms with Gasteiger partial charge in [-0.2, -0.15) is 0 Å². The molecule has 59 heavy (non-hydrogen) atoms. The summed E-state index contributed by atoms with van der Waals surface area (Å²) in [6.07, 6.45) is 9.90. The van der Waals surface area contributed by atoms with Gasteiger partial charge in [-0.3, -0.25) is 0 Å². The number of benzene rings is 1. The van der Waals surface area contributed by atoms with Gasteiger partial charge in [-0.05, 0) is 106 Å². The zero-order valence-electron chi connectivity index (χ0n) is 34.3. The molecule has 3 heterocycles. The summed E-state index contributed by atoms with van der Waals surface area (Å²) in [5.41, 5.74) is 10.4. The van der Waals surface area contributed by atoms with E-state index in [0.717, 1.165) is 54.5 Å². The number of ether oxygens (including phenoxy) is 1. The van der Waals surface area contributed by atoms with Crippen LogP contribution in [0.4, 0.5) is 0 Å². The fourth-order valence-corrected chi connectivity index (χ4v) is 12.6. The van der Waals surface area contributed by atoms with E-state index in [9.17, 15) is 30.6 Å². The van der Waals surface area contributed by atoms with Gasteiger partial charge >= 0.3 is 0 Å². The minimum atomic E-state index is -1.04. The summed E-state index contributed by atoms with van der Waals surface area (Å²) < 4.78 is 6.72. The number of aliphatic hydroxyl groups is 5. The monoisotopic (exact) mass is 848 g/mol. The van der Waals surface area contributed by atoms with Crippen LogP contribution >= 0.6 is 21.6 Å². The molecule has 0 spiro atoms. The Kier molecular flexibility index (Phi) is 14.7. The number of hydrogen-bond acceptors (Lipinski definition) is 12. The van der Waals surface area contributed by atoms with Crippen LogP contribution in [-0.4, -0.2) is 103 Å². The predicted molar refractivity (Wildman–Crippen MR) is 235 cm³/mol. The molecule has 13 heteroatoms. The van der Waals surface area contributed by atoms with Crippen LogP contribution in [0, 0.1) is 46.8 Å². The quantitative estimate of drug-likeness (QED) is 0.0900. The van der Waals surface area contributed by atoms with Crippen molar-refractivity contribution in [3.8, 4) is 23.3 Å². The number of hydrogen-bond donors (Lipinski definition) is 10. The van der Waals surface area contributed by atoms with Crippen LogP contribution in [-0.2, 0) is 6.42 Å². The van der Waals surface area contributed by atoms with Crippen molar-refractivity contribution in [2.45, 2.75) is 108 Å². The Morgan fingerprint density at radius 1 is 1.10 bits per heavy atom. The number of fused-ring (bicyclic) bond motifs is 5. The van der Waals surface area contributed by atoms with Gasteiger partial charge in [0.2, 0.25) is 0 Å². The number of rotatable bonds is 10. The van der Waals surface area contributed by atoms with Crippen molar-refractivity contribution in [2.24, 2.45) is 40.7 Å². The third kappa shape index (κ3) is 10.4. The number of aromatic hydroxyl groups is 1. The van der Waals surface area contributed by atoms with E-state index in [1.807, 2.05) is 24.4 Å². The Labute approximate surface area is 357 Å². The highest BCUT2D eigenvalue weighted by atomic mass is 33.1. The minimum absolute atomic E-state index is 0.0328. The first-order valence-electron chi connectivity index (χ1n) is 21.5. The molecular weight excluding hydrogens is 785 g/mol. The van der Waals surface area contributed by atoms with Crippen LogP contribution in [0.15, 0.2) is 71.7 Å². The van der Waals surface area contributed by atoms with Crippen LogP contribution < -0.4 is 21.1 Å². The van der Waals surface area contributed by atoms with E-state index in [-0.39, 0.29) is 53.2 Å². The normalized spacial score (nSPS) is 35.7. The SMILES string of the molecule is CCC12C#CC3C=CC(c4ccc(O)c(OC5CC(Cc6ccc[nH]6)C6=CCNC(N)=C6CSSCC(CO)C5O)c4)CC(O)C3C(O)C(CC1)CC(NCC(C)O)C2. The lowest BCUT2D eigenvalue weighted by molar-refractivity contribution is -0.0358. The maximum atomic E-state index is 12.1. The number of aliphatic hydroxyl groups excluding tert-OH is 5. The smallest absolute Gasteiger partial charge is 0.161 e. The summed E-state index contributed by atoms with van der Waals surface area (Å²) in [6, 6.07) is 9.37. The first-order valence-corrected chi connectivity index (χ1v) is 24.0. The van der Waals surface area contributed by atoms with E-state index in [0.29, 0.717) is 49.7 Å². The molecule has 0 amide bonds. The average molecular weight is 849 g/mol. The van der Waals surface area contributed by atoms with Crippen molar-refractivity contribution in [1.82, 2.24) is 15.6 Å². The average Bonchev–Trinajstić information content (AvgIpc) is 3.60. The van der Waals surface area contributed by atoms with Gasteiger partial charge in [0.05, 0.1) is 24.4 Å². The molecule has 2 fully saturated rings. The van der Waals surface area contributed by atoms with E-state index in [2.05, 4.69) is 52.6 Å². The molecule has 3 aliphatic carbocycles. The molecule has 1 saturated carbocycles. The van der Waals surface area contributed by atoms with E-state index in [1.165, 1.54) is 0 Å². The molecule has 11 nitrogen and oxygen atoms in total. The number of allylic oxidation sites excluding steroid dienone is 3. The fourth-order valence-electron chi connectivity index (χ4n) is 10.1. The number of phenols is 1. The van der Waals surface area contributed by atoms with Gasteiger partial charge in [0.15, 0.2) is 11.5 Å². The van der Waals surface area contributed by atoms with Gasteiger partial charge < -0.3 is 56.7 Å². The lowest BCUT2D eigenvalue weighted by Gasteiger charge is -2.36. The highest BCUT2D eigenvalue weighted by molar-refractivity contribution is 8.76. The Hall–Kier alpha value is -3.06. The first-order chi connectivity index (χ1) is 28.5. The number of nitrogens with two attached hydrogens (primary N) is 1.